The maximum Gasteiger partial charge on any atom is 0.164 e. The zero-order valence-corrected chi connectivity index (χ0v) is 12.6. The summed E-state index contributed by atoms with van der Waals surface area (Å²) >= 11 is 0. The number of rotatable bonds is 5. The molecule has 1 saturated carbocycles. The van der Waals surface area contributed by atoms with Gasteiger partial charge in [-0.05, 0) is 48.2 Å². The molecule has 0 aliphatic heterocycles. The highest BCUT2D eigenvalue weighted by Gasteiger charge is 2.48. The SMILES string of the molecule is C=Cc1cc(F)ccc1C1(c2ccc(C(=O)CC)cn2)CC1. The minimum absolute atomic E-state index is 0.0949. The van der Waals surface area contributed by atoms with Crippen LogP contribution in [0.2, 0.25) is 0 Å². The van der Waals surface area contributed by atoms with Gasteiger partial charge in [0.05, 0.1) is 5.69 Å². The molecule has 0 unspecified atom stereocenters. The van der Waals surface area contributed by atoms with Gasteiger partial charge in [-0.1, -0.05) is 25.6 Å². The molecule has 112 valence electrons. The molecule has 0 spiro atoms. The minimum atomic E-state index is -0.258. The number of hydrogen-bond donors (Lipinski definition) is 0. The molecule has 0 atom stereocenters. The lowest BCUT2D eigenvalue weighted by Gasteiger charge is -2.18. The Balaban J connectivity index is 2.01. The number of carbonyl (C=O) groups excluding carboxylic acids is 1. The van der Waals surface area contributed by atoms with Crippen LogP contribution in [-0.4, -0.2) is 10.8 Å². The van der Waals surface area contributed by atoms with Gasteiger partial charge in [-0.15, -0.1) is 0 Å². The normalized spacial score (nSPS) is 15.4. The van der Waals surface area contributed by atoms with Gasteiger partial charge in [-0.2, -0.15) is 0 Å². The van der Waals surface area contributed by atoms with Crippen LogP contribution in [0.25, 0.3) is 6.08 Å². The monoisotopic (exact) mass is 295 g/mol. The van der Waals surface area contributed by atoms with E-state index in [1.165, 1.54) is 12.1 Å². The molecule has 0 radical (unpaired) electrons. The van der Waals surface area contributed by atoms with Crippen molar-refractivity contribution < 1.29 is 9.18 Å². The van der Waals surface area contributed by atoms with Crippen molar-refractivity contribution >= 4 is 11.9 Å². The zero-order chi connectivity index (χ0) is 15.7. The lowest BCUT2D eigenvalue weighted by atomic mass is 9.87. The Bertz CT molecular complexity index is 730. The number of hydrogen-bond acceptors (Lipinski definition) is 2. The van der Waals surface area contributed by atoms with Crippen molar-refractivity contribution in [2.24, 2.45) is 0 Å². The molecule has 3 heteroatoms. The van der Waals surface area contributed by atoms with Gasteiger partial charge in [0, 0.05) is 23.6 Å². The van der Waals surface area contributed by atoms with Crippen molar-refractivity contribution in [2.45, 2.75) is 31.6 Å². The first-order valence-corrected chi connectivity index (χ1v) is 7.53. The number of aromatic nitrogens is 1. The lowest BCUT2D eigenvalue weighted by Crippen LogP contribution is -2.13. The Morgan fingerprint density at radius 2 is 2.14 bits per heavy atom. The second-order valence-corrected chi connectivity index (χ2v) is 5.73. The van der Waals surface area contributed by atoms with Crippen LogP contribution in [0.3, 0.4) is 0 Å². The molecule has 1 heterocycles. The van der Waals surface area contributed by atoms with Gasteiger partial charge in [-0.25, -0.2) is 4.39 Å². The number of nitrogens with zero attached hydrogens (tertiary/aromatic N) is 1. The van der Waals surface area contributed by atoms with E-state index in [2.05, 4.69) is 11.6 Å². The molecule has 1 fully saturated rings. The number of halogens is 1. The Labute approximate surface area is 129 Å². The summed E-state index contributed by atoms with van der Waals surface area (Å²) in [6, 6.07) is 8.58. The first-order valence-electron chi connectivity index (χ1n) is 7.53. The van der Waals surface area contributed by atoms with Crippen LogP contribution >= 0.6 is 0 Å². The minimum Gasteiger partial charge on any atom is -0.294 e. The Morgan fingerprint density at radius 3 is 2.68 bits per heavy atom. The summed E-state index contributed by atoms with van der Waals surface area (Å²) in [5, 5.41) is 0. The maximum absolute atomic E-state index is 13.4. The van der Waals surface area contributed by atoms with E-state index in [-0.39, 0.29) is 17.0 Å². The summed E-state index contributed by atoms with van der Waals surface area (Å²) in [7, 11) is 0. The summed E-state index contributed by atoms with van der Waals surface area (Å²) in [6.45, 7) is 5.63. The molecule has 0 amide bonds. The molecule has 0 bridgehead atoms. The van der Waals surface area contributed by atoms with Gasteiger partial charge in [0.1, 0.15) is 5.82 Å². The number of Topliss-reactive ketones (excluding diaryl/α,β-unsaturated/α-hetero) is 1. The van der Waals surface area contributed by atoms with Gasteiger partial charge in [0.2, 0.25) is 0 Å². The first kappa shape index (κ1) is 14.6. The lowest BCUT2D eigenvalue weighted by molar-refractivity contribution is 0.0988. The van der Waals surface area contributed by atoms with Gasteiger partial charge in [0.25, 0.3) is 0 Å². The number of carbonyl (C=O) groups is 1. The molecule has 0 N–H and O–H groups in total. The molecule has 1 aliphatic carbocycles. The predicted molar refractivity (Wildman–Crippen MR) is 85.4 cm³/mol. The van der Waals surface area contributed by atoms with Crippen LogP contribution in [0, 0.1) is 5.82 Å². The average molecular weight is 295 g/mol. The fraction of sp³-hybridized carbons (Fsp3) is 0.263. The largest absolute Gasteiger partial charge is 0.294 e. The smallest absolute Gasteiger partial charge is 0.164 e. The van der Waals surface area contributed by atoms with Crippen LogP contribution in [-0.2, 0) is 5.41 Å². The molecule has 2 nitrogen and oxygen atoms in total. The van der Waals surface area contributed by atoms with E-state index in [1.807, 2.05) is 25.1 Å². The fourth-order valence-electron chi connectivity index (χ4n) is 2.97. The third-order valence-electron chi connectivity index (χ3n) is 4.40. The quantitative estimate of drug-likeness (QED) is 0.758. The van der Waals surface area contributed by atoms with E-state index in [0.717, 1.165) is 29.7 Å². The van der Waals surface area contributed by atoms with Crippen LogP contribution in [0.1, 0.15) is 53.4 Å². The summed E-state index contributed by atoms with van der Waals surface area (Å²) < 4.78 is 13.4. The third kappa shape index (κ3) is 2.37. The van der Waals surface area contributed by atoms with Crippen LogP contribution in [0.15, 0.2) is 43.1 Å². The van der Waals surface area contributed by atoms with Gasteiger partial charge in [-0.3, -0.25) is 9.78 Å². The van der Waals surface area contributed by atoms with Gasteiger partial charge < -0.3 is 0 Å². The topological polar surface area (TPSA) is 30.0 Å². The number of benzene rings is 1. The van der Waals surface area contributed by atoms with Crippen molar-refractivity contribution in [2.75, 3.05) is 0 Å². The average Bonchev–Trinajstić information content (AvgIpc) is 3.35. The van der Waals surface area contributed by atoms with Crippen LogP contribution < -0.4 is 0 Å². The highest BCUT2D eigenvalue weighted by atomic mass is 19.1. The number of pyridine rings is 1. The molecule has 1 aromatic heterocycles. The van der Waals surface area contributed by atoms with E-state index in [1.54, 1.807) is 12.3 Å². The van der Waals surface area contributed by atoms with Crippen LogP contribution in [0.4, 0.5) is 4.39 Å². The Hall–Kier alpha value is -2.29. The summed E-state index contributed by atoms with van der Waals surface area (Å²) in [6.07, 6.45) is 5.78. The third-order valence-corrected chi connectivity index (χ3v) is 4.40. The molecule has 1 aliphatic rings. The van der Waals surface area contributed by atoms with E-state index >= 15 is 0 Å². The summed E-state index contributed by atoms with van der Waals surface area (Å²) in [5.74, 6) is -0.163. The predicted octanol–water partition coefficient (Wildman–Crippen LogP) is 4.54. The van der Waals surface area contributed by atoms with Crippen molar-refractivity contribution in [1.82, 2.24) is 4.98 Å². The highest BCUT2D eigenvalue weighted by molar-refractivity contribution is 5.95. The summed E-state index contributed by atoms with van der Waals surface area (Å²) in [5.41, 5.74) is 3.30. The number of ketones is 1. The summed E-state index contributed by atoms with van der Waals surface area (Å²) in [4.78, 5) is 16.2. The molecular weight excluding hydrogens is 277 g/mol. The van der Waals surface area contributed by atoms with Gasteiger partial charge >= 0.3 is 0 Å². The standard InChI is InChI=1S/C19H18FNO/c1-3-13-11-15(20)6-7-16(13)19(9-10-19)18-8-5-14(12-21-18)17(22)4-2/h3,5-8,11-12H,1,4,9-10H2,2H3. The molecular formula is C19H18FNO. The van der Waals surface area contributed by atoms with Crippen molar-refractivity contribution in [3.8, 4) is 0 Å². The van der Waals surface area contributed by atoms with Gasteiger partial charge in [0.15, 0.2) is 5.78 Å². The van der Waals surface area contributed by atoms with Crippen LogP contribution in [0.5, 0.6) is 0 Å². The molecule has 22 heavy (non-hydrogen) atoms. The maximum atomic E-state index is 13.4. The van der Waals surface area contributed by atoms with E-state index in [0.29, 0.717) is 12.0 Å². The molecule has 0 saturated heterocycles. The molecule has 1 aromatic carbocycles. The van der Waals surface area contributed by atoms with Crippen molar-refractivity contribution in [3.63, 3.8) is 0 Å². The first-order chi connectivity index (χ1) is 10.6. The second-order valence-electron chi connectivity index (χ2n) is 5.73. The molecule has 3 rings (SSSR count). The second kappa shape index (κ2) is 5.48. The van der Waals surface area contributed by atoms with E-state index < -0.39 is 0 Å². The van der Waals surface area contributed by atoms with E-state index in [4.69, 9.17) is 0 Å². The fourth-order valence-corrected chi connectivity index (χ4v) is 2.97. The Morgan fingerprint density at radius 1 is 1.36 bits per heavy atom. The molecule has 2 aromatic rings. The zero-order valence-electron chi connectivity index (χ0n) is 12.6. The van der Waals surface area contributed by atoms with Crippen molar-refractivity contribution in [1.29, 1.82) is 0 Å². The van der Waals surface area contributed by atoms with E-state index in [9.17, 15) is 9.18 Å². The van der Waals surface area contributed by atoms with Crippen molar-refractivity contribution in [3.05, 3.63) is 71.3 Å². The highest BCUT2D eigenvalue weighted by Crippen LogP contribution is 2.53. The Kier molecular flexibility index (Phi) is 3.65.